The van der Waals surface area contributed by atoms with Gasteiger partial charge in [0.05, 0.1) is 29.1 Å². The number of para-hydroxylation sites is 1. The number of nitrogens with two attached hydrogens (primary N) is 1. The maximum Gasteiger partial charge on any atom is 0.306 e. The van der Waals surface area contributed by atoms with E-state index >= 15 is 0 Å². The molecule has 2 aliphatic heterocycles. The summed E-state index contributed by atoms with van der Waals surface area (Å²) in [5.74, 6) is 0.0747. The molecular weight excluding hydrogens is 408 g/mol. The standard InChI is InChI=1S/C21H24N2O4S2/c1-3-27-19(24)12-15-13-28-20-21(15,22)17-6-4-5-7-18(17)23(20)29(25,26)16-10-8-14(2)9-11-16/h4-11,15,20H,3,12-13,22H2,1-2H3/t15-,20+,21-/m0/s1. The van der Waals surface area contributed by atoms with Gasteiger partial charge in [-0.2, -0.15) is 0 Å². The van der Waals surface area contributed by atoms with Crippen molar-refractivity contribution in [2.24, 2.45) is 11.7 Å². The highest BCUT2D eigenvalue weighted by molar-refractivity contribution is 8.02. The van der Waals surface area contributed by atoms with E-state index < -0.39 is 20.9 Å². The molecule has 0 aromatic heterocycles. The number of sulfonamides is 1. The first kappa shape index (κ1) is 20.3. The van der Waals surface area contributed by atoms with E-state index in [-0.39, 0.29) is 23.2 Å². The van der Waals surface area contributed by atoms with E-state index in [9.17, 15) is 13.2 Å². The van der Waals surface area contributed by atoms with Crippen molar-refractivity contribution < 1.29 is 17.9 Å². The summed E-state index contributed by atoms with van der Waals surface area (Å²) in [6.07, 6.45) is 0.167. The van der Waals surface area contributed by atoms with Crippen LogP contribution < -0.4 is 10.0 Å². The third-order valence-electron chi connectivity index (χ3n) is 5.66. The van der Waals surface area contributed by atoms with Crippen LogP contribution in [0.15, 0.2) is 53.4 Å². The summed E-state index contributed by atoms with van der Waals surface area (Å²) in [4.78, 5) is 12.4. The number of aryl methyl sites for hydroxylation is 1. The Morgan fingerprint density at radius 2 is 1.93 bits per heavy atom. The van der Waals surface area contributed by atoms with E-state index in [1.54, 1.807) is 37.3 Å². The average Bonchev–Trinajstić information content (AvgIpc) is 3.13. The molecule has 2 aromatic carbocycles. The maximum absolute atomic E-state index is 13.6. The van der Waals surface area contributed by atoms with Gasteiger partial charge >= 0.3 is 5.97 Å². The van der Waals surface area contributed by atoms with Crippen molar-refractivity contribution in [1.82, 2.24) is 0 Å². The zero-order chi connectivity index (χ0) is 20.8. The summed E-state index contributed by atoms with van der Waals surface area (Å²) in [6, 6.07) is 14.2. The molecule has 29 heavy (non-hydrogen) atoms. The van der Waals surface area contributed by atoms with Crippen LogP contribution >= 0.6 is 11.8 Å². The van der Waals surface area contributed by atoms with Crippen LogP contribution in [-0.4, -0.2) is 32.1 Å². The molecule has 1 fully saturated rings. The zero-order valence-electron chi connectivity index (χ0n) is 16.4. The minimum atomic E-state index is -3.81. The smallest absolute Gasteiger partial charge is 0.306 e. The third-order valence-corrected chi connectivity index (χ3v) is 9.09. The Labute approximate surface area is 175 Å². The molecule has 2 aromatic rings. The highest BCUT2D eigenvalue weighted by atomic mass is 32.2. The highest BCUT2D eigenvalue weighted by Gasteiger charge is 2.60. The summed E-state index contributed by atoms with van der Waals surface area (Å²) >= 11 is 1.48. The van der Waals surface area contributed by atoms with E-state index in [1.165, 1.54) is 16.1 Å². The lowest BCUT2D eigenvalue weighted by Crippen LogP contribution is -2.51. The average molecular weight is 433 g/mol. The summed E-state index contributed by atoms with van der Waals surface area (Å²) < 4.78 is 33.8. The Hall–Kier alpha value is -2.03. The fourth-order valence-corrected chi connectivity index (χ4v) is 7.91. The van der Waals surface area contributed by atoms with Gasteiger partial charge in [-0.15, -0.1) is 11.8 Å². The van der Waals surface area contributed by atoms with Crippen LogP contribution in [0.5, 0.6) is 0 Å². The second-order valence-electron chi connectivity index (χ2n) is 7.46. The second kappa shape index (κ2) is 7.34. The predicted octanol–water partition coefficient (Wildman–Crippen LogP) is 3.00. The van der Waals surface area contributed by atoms with E-state index in [4.69, 9.17) is 10.5 Å². The molecule has 2 heterocycles. The molecule has 0 radical (unpaired) electrons. The van der Waals surface area contributed by atoms with E-state index in [0.29, 0.717) is 18.0 Å². The Morgan fingerprint density at radius 1 is 1.24 bits per heavy atom. The van der Waals surface area contributed by atoms with Crippen LogP contribution in [0.3, 0.4) is 0 Å². The first-order valence-corrected chi connectivity index (χ1v) is 12.1. The molecule has 8 heteroatoms. The normalized spacial score (nSPS) is 25.6. The van der Waals surface area contributed by atoms with Crippen molar-refractivity contribution in [3.63, 3.8) is 0 Å². The predicted molar refractivity (Wildman–Crippen MR) is 114 cm³/mol. The molecule has 3 atom stereocenters. The van der Waals surface area contributed by atoms with Crippen molar-refractivity contribution in [2.45, 2.75) is 36.1 Å². The van der Waals surface area contributed by atoms with E-state index in [0.717, 1.165) is 11.1 Å². The van der Waals surface area contributed by atoms with Gasteiger partial charge in [0.1, 0.15) is 5.37 Å². The van der Waals surface area contributed by atoms with Gasteiger partial charge in [-0.05, 0) is 37.6 Å². The minimum absolute atomic E-state index is 0.167. The van der Waals surface area contributed by atoms with E-state index in [1.807, 2.05) is 25.1 Å². The number of benzene rings is 2. The highest BCUT2D eigenvalue weighted by Crippen LogP contribution is 2.57. The van der Waals surface area contributed by atoms with Gasteiger partial charge in [0, 0.05) is 11.7 Å². The van der Waals surface area contributed by atoms with Crippen molar-refractivity contribution in [3.05, 3.63) is 59.7 Å². The van der Waals surface area contributed by atoms with Gasteiger partial charge in [0.25, 0.3) is 10.0 Å². The van der Waals surface area contributed by atoms with Crippen LogP contribution in [0.1, 0.15) is 24.5 Å². The molecule has 6 nitrogen and oxygen atoms in total. The molecular formula is C21H24N2O4S2. The number of thioether (sulfide) groups is 1. The molecule has 154 valence electrons. The SMILES string of the molecule is CCOC(=O)C[C@H]1CS[C@H]2N(S(=O)(=O)c3ccc(C)cc3)c3ccccc3[C@@]12N. The lowest BCUT2D eigenvalue weighted by Gasteiger charge is -2.32. The van der Waals surface area contributed by atoms with Crippen molar-refractivity contribution in [3.8, 4) is 0 Å². The first-order valence-electron chi connectivity index (χ1n) is 9.57. The topological polar surface area (TPSA) is 89.7 Å². The molecule has 1 saturated heterocycles. The zero-order valence-corrected chi connectivity index (χ0v) is 18.0. The van der Waals surface area contributed by atoms with Crippen molar-refractivity contribution in [2.75, 3.05) is 16.7 Å². The number of fused-ring (bicyclic) bond motifs is 3. The second-order valence-corrected chi connectivity index (χ2v) is 10.4. The van der Waals surface area contributed by atoms with Crippen LogP contribution in [0, 0.1) is 12.8 Å². The molecule has 0 aliphatic carbocycles. The molecule has 0 bridgehead atoms. The molecule has 4 rings (SSSR count). The molecule has 0 spiro atoms. The third kappa shape index (κ3) is 3.14. The molecule has 2 aliphatic rings. The monoisotopic (exact) mass is 432 g/mol. The Bertz CT molecular complexity index is 1040. The van der Waals surface area contributed by atoms with Crippen molar-refractivity contribution in [1.29, 1.82) is 0 Å². The number of anilines is 1. The van der Waals surface area contributed by atoms with Gasteiger partial charge < -0.3 is 10.5 Å². The first-order chi connectivity index (χ1) is 13.8. The van der Waals surface area contributed by atoms with E-state index in [2.05, 4.69) is 0 Å². The summed E-state index contributed by atoms with van der Waals surface area (Å²) in [6.45, 7) is 3.99. The fraction of sp³-hybridized carbons (Fsp3) is 0.381. The number of carbonyl (C=O) groups is 1. The number of nitrogens with zero attached hydrogens (tertiary/aromatic N) is 1. The summed E-state index contributed by atoms with van der Waals surface area (Å²) in [5, 5.41) is -0.509. The summed E-state index contributed by atoms with van der Waals surface area (Å²) in [5.41, 5.74) is 8.30. The van der Waals surface area contributed by atoms with Crippen molar-refractivity contribution >= 4 is 33.4 Å². The number of rotatable bonds is 5. The maximum atomic E-state index is 13.6. The quantitative estimate of drug-likeness (QED) is 0.731. The number of esters is 1. The molecule has 0 unspecified atom stereocenters. The van der Waals surface area contributed by atoms with Crippen LogP contribution in [0.2, 0.25) is 0 Å². The Morgan fingerprint density at radius 3 is 2.62 bits per heavy atom. The minimum Gasteiger partial charge on any atom is -0.466 e. The van der Waals surface area contributed by atoms with Crippen LogP contribution in [0.4, 0.5) is 5.69 Å². The van der Waals surface area contributed by atoms with Gasteiger partial charge in [-0.3, -0.25) is 9.10 Å². The number of hydrogen-bond donors (Lipinski definition) is 1. The van der Waals surface area contributed by atoms with Gasteiger partial charge in [0.15, 0.2) is 0 Å². The lowest BCUT2D eigenvalue weighted by molar-refractivity contribution is -0.144. The lowest BCUT2D eigenvalue weighted by atomic mass is 9.79. The van der Waals surface area contributed by atoms with Crippen LogP contribution in [-0.2, 0) is 25.1 Å². The number of hydrogen-bond acceptors (Lipinski definition) is 6. The molecule has 0 saturated carbocycles. The number of carbonyl (C=O) groups excluding carboxylic acids is 1. The van der Waals surface area contributed by atoms with Gasteiger partial charge in [-0.25, -0.2) is 8.42 Å². The molecule has 0 amide bonds. The number of ether oxygens (including phenoxy) is 1. The van der Waals surface area contributed by atoms with Gasteiger partial charge in [-0.1, -0.05) is 35.9 Å². The van der Waals surface area contributed by atoms with Gasteiger partial charge in [0.2, 0.25) is 0 Å². The summed E-state index contributed by atoms with van der Waals surface area (Å²) in [7, 11) is -3.81. The fourth-order valence-electron chi connectivity index (χ4n) is 4.19. The Kier molecular flexibility index (Phi) is 5.13. The van der Waals surface area contributed by atoms with Crippen LogP contribution in [0.25, 0.3) is 0 Å². The molecule has 2 N–H and O–H groups in total. The largest absolute Gasteiger partial charge is 0.466 e. The Balaban J connectivity index is 1.79.